The van der Waals surface area contributed by atoms with E-state index in [1.54, 1.807) is 28.5 Å². The van der Waals surface area contributed by atoms with Gasteiger partial charge in [0.2, 0.25) is 0 Å². The molecule has 0 aromatic carbocycles. The third kappa shape index (κ3) is 4.90. The Morgan fingerprint density at radius 2 is 2.33 bits per heavy atom. The van der Waals surface area contributed by atoms with Crippen LogP contribution in [-0.4, -0.2) is 47.3 Å². The molecule has 0 fully saturated rings. The summed E-state index contributed by atoms with van der Waals surface area (Å²) in [5.41, 5.74) is 4.63. The predicted octanol–water partition coefficient (Wildman–Crippen LogP) is 3.24. The summed E-state index contributed by atoms with van der Waals surface area (Å²) in [7, 11) is 0. The van der Waals surface area contributed by atoms with Crippen LogP contribution in [0.1, 0.15) is 32.7 Å². The van der Waals surface area contributed by atoms with Crippen LogP contribution in [-0.2, 0) is 9.57 Å². The van der Waals surface area contributed by atoms with Crippen molar-refractivity contribution in [1.29, 1.82) is 0 Å². The number of hydrogen-bond acceptors (Lipinski definition) is 6. The van der Waals surface area contributed by atoms with Crippen LogP contribution in [0.5, 0.6) is 0 Å². The molecule has 7 heteroatoms. The van der Waals surface area contributed by atoms with Gasteiger partial charge in [-0.15, -0.1) is 17.9 Å². The van der Waals surface area contributed by atoms with Crippen molar-refractivity contribution in [2.75, 3.05) is 19.7 Å². The molecule has 1 N–H and O–H groups in total. The third-order valence-electron chi connectivity index (χ3n) is 3.52. The molecule has 0 saturated heterocycles. The highest BCUT2D eigenvalue weighted by Gasteiger charge is 2.32. The topological polar surface area (TPSA) is 63.7 Å². The molecule has 1 aliphatic rings. The molecule has 6 nitrogen and oxygen atoms in total. The summed E-state index contributed by atoms with van der Waals surface area (Å²) in [5, 5.41) is 2.84. The van der Waals surface area contributed by atoms with Crippen LogP contribution in [0.2, 0.25) is 0 Å². The van der Waals surface area contributed by atoms with E-state index in [9.17, 15) is 4.79 Å². The van der Waals surface area contributed by atoms with E-state index in [1.165, 1.54) is 0 Å². The number of rotatable bonds is 5. The zero-order chi connectivity index (χ0) is 17.7. The van der Waals surface area contributed by atoms with Crippen molar-refractivity contribution in [2.24, 2.45) is 0 Å². The fraction of sp³-hybridized carbons (Fsp3) is 0.529. The predicted molar refractivity (Wildman–Crippen MR) is 95.6 cm³/mol. The Labute approximate surface area is 147 Å². The minimum atomic E-state index is -0.531. The first-order valence-electron chi connectivity index (χ1n) is 7.87. The number of nitrogens with zero attached hydrogens (tertiary/aromatic N) is 2. The monoisotopic (exact) mass is 351 g/mol. The second-order valence-electron chi connectivity index (χ2n) is 6.63. The van der Waals surface area contributed by atoms with Crippen LogP contribution in [0.15, 0.2) is 29.8 Å². The van der Waals surface area contributed by atoms with Crippen LogP contribution in [0, 0.1) is 0 Å². The van der Waals surface area contributed by atoms with Gasteiger partial charge in [-0.3, -0.25) is 4.84 Å². The van der Waals surface area contributed by atoms with Crippen molar-refractivity contribution in [3.8, 4) is 0 Å². The molecule has 2 heterocycles. The number of thiazole rings is 1. The summed E-state index contributed by atoms with van der Waals surface area (Å²) >= 11 is 1.56. The summed E-state index contributed by atoms with van der Waals surface area (Å²) in [6.45, 7) is 12.6. The molecule has 0 saturated carbocycles. The van der Waals surface area contributed by atoms with Crippen LogP contribution >= 0.6 is 11.3 Å². The molecule has 0 radical (unpaired) electrons. The van der Waals surface area contributed by atoms with E-state index >= 15 is 0 Å². The molecule has 1 amide bonds. The van der Waals surface area contributed by atoms with Crippen LogP contribution in [0.25, 0.3) is 5.57 Å². The zero-order valence-electron chi connectivity index (χ0n) is 14.7. The maximum atomic E-state index is 12.5. The van der Waals surface area contributed by atoms with E-state index in [0.717, 1.165) is 16.2 Å². The van der Waals surface area contributed by atoms with Gasteiger partial charge in [0.05, 0.1) is 19.2 Å². The number of ether oxygens (including phenoxy) is 1. The molecule has 24 heavy (non-hydrogen) atoms. The molecule has 0 aliphatic carbocycles. The van der Waals surface area contributed by atoms with Gasteiger partial charge in [0.15, 0.2) is 0 Å². The normalized spacial score (nSPS) is 18.7. The molecule has 1 atom stereocenters. The van der Waals surface area contributed by atoms with Crippen LogP contribution in [0.4, 0.5) is 4.79 Å². The fourth-order valence-corrected chi connectivity index (χ4v) is 3.10. The molecule has 0 spiro atoms. The summed E-state index contributed by atoms with van der Waals surface area (Å²) < 4.78 is 5.51. The van der Waals surface area contributed by atoms with E-state index in [1.807, 2.05) is 33.1 Å². The first-order valence-corrected chi connectivity index (χ1v) is 8.75. The van der Waals surface area contributed by atoms with Gasteiger partial charge in [0, 0.05) is 23.7 Å². The molecule has 1 unspecified atom stereocenters. The van der Waals surface area contributed by atoms with Gasteiger partial charge in [0.25, 0.3) is 0 Å². The van der Waals surface area contributed by atoms with Crippen molar-refractivity contribution >= 4 is 23.0 Å². The van der Waals surface area contributed by atoms with Crippen molar-refractivity contribution < 1.29 is 14.4 Å². The summed E-state index contributed by atoms with van der Waals surface area (Å²) in [5.74, 6) is 0. The highest BCUT2D eigenvalue weighted by Crippen LogP contribution is 2.29. The number of hydroxylamine groups is 1. The van der Waals surface area contributed by atoms with E-state index in [4.69, 9.17) is 9.57 Å². The molecule has 1 aromatic heterocycles. The Morgan fingerprint density at radius 3 is 2.92 bits per heavy atom. The van der Waals surface area contributed by atoms with E-state index in [2.05, 4.69) is 17.0 Å². The third-order valence-corrected chi connectivity index (χ3v) is 4.35. The fourth-order valence-electron chi connectivity index (χ4n) is 2.36. The maximum Gasteiger partial charge on any atom is 0.410 e. The Balaban J connectivity index is 2.21. The lowest BCUT2D eigenvalue weighted by molar-refractivity contribution is 0.0102. The Kier molecular flexibility index (Phi) is 6.15. The van der Waals surface area contributed by atoms with Crippen LogP contribution < -0.4 is 5.48 Å². The van der Waals surface area contributed by atoms with Gasteiger partial charge in [-0.2, -0.15) is 5.48 Å². The smallest absolute Gasteiger partial charge is 0.410 e. The lowest BCUT2D eigenvalue weighted by atomic mass is 9.98. The van der Waals surface area contributed by atoms with Crippen molar-refractivity contribution in [3.05, 3.63) is 34.8 Å². The van der Waals surface area contributed by atoms with Gasteiger partial charge in [-0.1, -0.05) is 6.08 Å². The number of carbonyl (C=O) groups excluding carboxylic acids is 1. The molecule has 1 aliphatic heterocycles. The molecule has 2 rings (SSSR count). The van der Waals surface area contributed by atoms with E-state index in [-0.39, 0.29) is 12.1 Å². The average molecular weight is 351 g/mol. The van der Waals surface area contributed by atoms with E-state index in [0.29, 0.717) is 19.7 Å². The molecular formula is C17H25N3O3S. The zero-order valence-corrected chi connectivity index (χ0v) is 15.5. The SMILES string of the molecule is C=CCONC1CN(C(=O)OC(C)(C)C)CC(c2nccs2)=C1C. The van der Waals surface area contributed by atoms with Gasteiger partial charge in [0.1, 0.15) is 10.6 Å². The largest absolute Gasteiger partial charge is 0.444 e. The summed E-state index contributed by atoms with van der Waals surface area (Å²) in [6, 6.07) is -0.120. The number of amides is 1. The number of carbonyl (C=O) groups is 1. The number of hydrogen-bond donors (Lipinski definition) is 1. The van der Waals surface area contributed by atoms with Crippen molar-refractivity contribution in [3.63, 3.8) is 0 Å². The minimum absolute atomic E-state index is 0.120. The highest BCUT2D eigenvalue weighted by molar-refractivity contribution is 7.10. The first-order chi connectivity index (χ1) is 11.3. The second kappa shape index (κ2) is 7.92. The Bertz CT molecular complexity index is 605. The first kappa shape index (κ1) is 18.6. The van der Waals surface area contributed by atoms with E-state index < -0.39 is 5.60 Å². The van der Waals surface area contributed by atoms with Crippen LogP contribution in [0.3, 0.4) is 0 Å². The molecular weight excluding hydrogens is 326 g/mol. The second-order valence-corrected chi connectivity index (χ2v) is 7.52. The van der Waals surface area contributed by atoms with Gasteiger partial charge in [-0.25, -0.2) is 9.78 Å². The van der Waals surface area contributed by atoms with Gasteiger partial charge >= 0.3 is 6.09 Å². The van der Waals surface area contributed by atoms with Gasteiger partial charge < -0.3 is 9.64 Å². The van der Waals surface area contributed by atoms with Gasteiger partial charge in [-0.05, 0) is 33.3 Å². The van der Waals surface area contributed by atoms with Crippen molar-refractivity contribution in [2.45, 2.75) is 39.3 Å². The standard InChI is InChI=1S/C17H25N3O3S/c1-6-8-22-19-14-11-20(16(21)23-17(3,4)5)10-13(12(14)2)15-18-7-9-24-15/h6-7,9,14,19H,1,8,10-11H2,2-5H3. The molecule has 132 valence electrons. The minimum Gasteiger partial charge on any atom is -0.444 e. The molecule has 1 aromatic rings. The average Bonchev–Trinajstić information content (AvgIpc) is 3.01. The Morgan fingerprint density at radius 1 is 1.58 bits per heavy atom. The summed E-state index contributed by atoms with van der Waals surface area (Å²) in [4.78, 5) is 24.0. The summed E-state index contributed by atoms with van der Waals surface area (Å²) in [6.07, 6.45) is 3.10. The number of aromatic nitrogens is 1. The maximum absolute atomic E-state index is 12.5. The lowest BCUT2D eigenvalue weighted by Crippen LogP contribution is -2.50. The highest BCUT2D eigenvalue weighted by atomic mass is 32.1. The lowest BCUT2D eigenvalue weighted by Gasteiger charge is -2.36. The van der Waals surface area contributed by atoms with Crippen molar-refractivity contribution in [1.82, 2.24) is 15.4 Å². The Hall–Kier alpha value is -1.70. The quantitative estimate of drug-likeness (QED) is 0.501. The molecule has 0 bridgehead atoms. The number of nitrogens with one attached hydrogen (secondary N) is 1.